The number of nitrogens with one attached hydrogen (secondary N) is 1. The Kier molecular flexibility index (Phi) is 5.62. The van der Waals surface area contributed by atoms with Crippen LogP contribution in [-0.2, 0) is 5.41 Å². The smallest absolute Gasteiger partial charge is 0.271 e. The summed E-state index contributed by atoms with van der Waals surface area (Å²) < 4.78 is 0. The minimum absolute atomic E-state index is 0.106. The van der Waals surface area contributed by atoms with Gasteiger partial charge in [-0.25, -0.2) is 5.43 Å². The molecular formula is C21H26N2O2. The summed E-state index contributed by atoms with van der Waals surface area (Å²) in [5.41, 5.74) is 6.44. The third-order valence-electron chi connectivity index (χ3n) is 4.37. The number of rotatable bonds is 4. The van der Waals surface area contributed by atoms with Gasteiger partial charge in [0.15, 0.2) is 0 Å². The number of hydrazone groups is 1. The van der Waals surface area contributed by atoms with Gasteiger partial charge in [-0.05, 0) is 47.7 Å². The van der Waals surface area contributed by atoms with Crippen LogP contribution in [0, 0.1) is 0 Å². The normalized spacial score (nSPS) is 13.4. The minimum atomic E-state index is -0.297. The molecule has 132 valence electrons. The maximum Gasteiger partial charge on any atom is 0.271 e. The molecule has 0 radical (unpaired) electrons. The SMILES string of the molecule is CC(=NNC(=O)c1ccc(O)cc1)C(C)c1ccc(C(C)(C)C)cc1. The number of phenolic OH excluding ortho intramolecular Hbond substituents is 1. The highest BCUT2D eigenvalue weighted by Gasteiger charge is 2.15. The number of nitrogens with zero attached hydrogens (tertiary/aromatic N) is 1. The molecule has 1 atom stereocenters. The molecule has 0 heterocycles. The van der Waals surface area contributed by atoms with Crippen LogP contribution in [0.4, 0.5) is 0 Å². The second kappa shape index (κ2) is 7.51. The van der Waals surface area contributed by atoms with E-state index in [2.05, 4.69) is 62.5 Å². The molecule has 0 aliphatic heterocycles. The van der Waals surface area contributed by atoms with Crippen molar-refractivity contribution in [2.24, 2.45) is 5.10 Å². The Labute approximate surface area is 149 Å². The molecule has 0 aliphatic rings. The predicted octanol–water partition coefficient (Wildman–Crippen LogP) is 4.60. The van der Waals surface area contributed by atoms with E-state index < -0.39 is 0 Å². The summed E-state index contributed by atoms with van der Waals surface area (Å²) in [7, 11) is 0. The Hall–Kier alpha value is -2.62. The zero-order chi connectivity index (χ0) is 18.6. The Bertz CT molecular complexity index is 754. The fourth-order valence-electron chi connectivity index (χ4n) is 2.43. The monoisotopic (exact) mass is 338 g/mol. The standard InChI is InChI=1S/C21H26N2O2/c1-14(16-6-10-18(11-7-16)21(3,4)5)15(2)22-23-20(25)17-8-12-19(24)13-9-17/h6-14,24H,1-5H3,(H,23,25). The highest BCUT2D eigenvalue weighted by atomic mass is 16.3. The van der Waals surface area contributed by atoms with Crippen molar-refractivity contribution in [2.75, 3.05) is 0 Å². The largest absolute Gasteiger partial charge is 0.508 e. The molecule has 2 N–H and O–H groups in total. The van der Waals surface area contributed by atoms with Crippen LogP contribution in [0.3, 0.4) is 0 Å². The summed E-state index contributed by atoms with van der Waals surface area (Å²) in [5, 5.41) is 13.5. The van der Waals surface area contributed by atoms with Crippen LogP contribution < -0.4 is 5.43 Å². The van der Waals surface area contributed by atoms with Gasteiger partial charge in [0.2, 0.25) is 0 Å². The first-order chi connectivity index (χ1) is 11.7. The van der Waals surface area contributed by atoms with Crippen LogP contribution in [0.2, 0.25) is 0 Å². The van der Waals surface area contributed by atoms with Crippen LogP contribution in [0.5, 0.6) is 5.75 Å². The van der Waals surface area contributed by atoms with Gasteiger partial charge in [0.05, 0.1) is 0 Å². The molecule has 2 aromatic rings. The fourth-order valence-corrected chi connectivity index (χ4v) is 2.43. The summed E-state index contributed by atoms with van der Waals surface area (Å²) >= 11 is 0. The van der Waals surface area contributed by atoms with Crippen LogP contribution in [0.15, 0.2) is 53.6 Å². The van der Waals surface area contributed by atoms with Crippen molar-refractivity contribution in [3.05, 3.63) is 65.2 Å². The van der Waals surface area contributed by atoms with Gasteiger partial charge in [0.25, 0.3) is 5.91 Å². The highest BCUT2D eigenvalue weighted by Crippen LogP contribution is 2.25. The summed E-state index contributed by atoms with van der Waals surface area (Å²) in [4.78, 5) is 12.1. The Morgan fingerprint density at radius 1 is 1.04 bits per heavy atom. The molecule has 1 amide bonds. The minimum Gasteiger partial charge on any atom is -0.508 e. The molecule has 2 aromatic carbocycles. The van der Waals surface area contributed by atoms with Gasteiger partial charge in [-0.15, -0.1) is 0 Å². The van der Waals surface area contributed by atoms with Gasteiger partial charge in [-0.3, -0.25) is 4.79 Å². The Morgan fingerprint density at radius 3 is 2.12 bits per heavy atom. The van der Waals surface area contributed by atoms with Crippen LogP contribution in [-0.4, -0.2) is 16.7 Å². The fraction of sp³-hybridized carbons (Fsp3) is 0.333. The maximum atomic E-state index is 12.1. The van der Waals surface area contributed by atoms with Crippen molar-refractivity contribution in [3.8, 4) is 5.75 Å². The Balaban J connectivity index is 2.05. The van der Waals surface area contributed by atoms with E-state index in [1.807, 2.05) is 6.92 Å². The molecule has 0 saturated heterocycles. The van der Waals surface area contributed by atoms with E-state index in [0.717, 1.165) is 11.3 Å². The molecule has 25 heavy (non-hydrogen) atoms. The van der Waals surface area contributed by atoms with E-state index in [-0.39, 0.29) is 23.0 Å². The lowest BCUT2D eigenvalue weighted by atomic mass is 9.85. The zero-order valence-electron chi connectivity index (χ0n) is 15.5. The van der Waals surface area contributed by atoms with Crippen molar-refractivity contribution in [2.45, 2.75) is 46.0 Å². The van der Waals surface area contributed by atoms with Crippen LogP contribution >= 0.6 is 0 Å². The van der Waals surface area contributed by atoms with Gasteiger partial charge in [-0.2, -0.15) is 5.10 Å². The summed E-state index contributed by atoms with van der Waals surface area (Å²) in [6.07, 6.45) is 0. The molecule has 0 fully saturated rings. The summed E-state index contributed by atoms with van der Waals surface area (Å²) in [6.45, 7) is 10.5. The van der Waals surface area contributed by atoms with Crippen LogP contribution in [0.1, 0.15) is 62.0 Å². The average molecular weight is 338 g/mol. The van der Waals surface area contributed by atoms with E-state index in [4.69, 9.17) is 0 Å². The lowest BCUT2D eigenvalue weighted by Crippen LogP contribution is -2.20. The molecule has 4 heteroatoms. The van der Waals surface area contributed by atoms with Gasteiger partial charge >= 0.3 is 0 Å². The lowest BCUT2D eigenvalue weighted by Gasteiger charge is -2.20. The number of carbonyl (C=O) groups excluding carboxylic acids is 1. The molecule has 0 bridgehead atoms. The van der Waals surface area contributed by atoms with E-state index in [9.17, 15) is 9.90 Å². The molecule has 0 saturated carbocycles. The van der Waals surface area contributed by atoms with Crippen molar-refractivity contribution in [1.82, 2.24) is 5.43 Å². The quantitative estimate of drug-likeness (QED) is 0.632. The summed E-state index contributed by atoms with van der Waals surface area (Å²) in [5.74, 6) is -0.0627. The number of hydrogen-bond donors (Lipinski definition) is 2. The topological polar surface area (TPSA) is 61.7 Å². The van der Waals surface area contributed by atoms with Crippen molar-refractivity contribution >= 4 is 11.6 Å². The van der Waals surface area contributed by atoms with Gasteiger partial charge in [0, 0.05) is 17.2 Å². The van der Waals surface area contributed by atoms with Gasteiger partial charge in [-0.1, -0.05) is 52.0 Å². The molecule has 2 rings (SSSR count). The van der Waals surface area contributed by atoms with E-state index >= 15 is 0 Å². The van der Waals surface area contributed by atoms with Crippen molar-refractivity contribution in [1.29, 1.82) is 0 Å². The zero-order valence-corrected chi connectivity index (χ0v) is 15.5. The molecule has 0 aromatic heterocycles. The lowest BCUT2D eigenvalue weighted by molar-refractivity contribution is 0.0954. The van der Waals surface area contributed by atoms with Crippen LogP contribution in [0.25, 0.3) is 0 Å². The number of aromatic hydroxyl groups is 1. The third kappa shape index (κ3) is 4.92. The predicted molar refractivity (Wildman–Crippen MR) is 102 cm³/mol. The molecule has 4 nitrogen and oxygen atoms in total. The second-order valence-electron chi connectivity index (χ2n) is 7.33. The van der Waals surface area contributed by atoms with E-state index in [0.29, 0.717) is 5.56 Å². The number of benzene rings is 2. The van der Waals surface area contributed by atoms with E-state index in [1.165, 1.54) is 17.7 Å². The third-order valence-corrected chi connectivity index (χ3v) is 4.37. The number of phenols is 1. The first kappa shape index (κ1) is 18.7. The molecule has 0 aliphatic carbocycles. The van der Waals surface area contributed by atoms with Gasteiger partial charge < -0.3 is 5.11 Å². The van der Waals surface area contributed by atoms with Gasteiger partial charge in [0.1, 0.15) is 5.75 Å². The highest BCUT2D eigenvalue weighted by molar-refractivity contribution is 5.96. The Morgan fingerprint density at radius 2 is 1.60 bits per heavy atom. The number of amides is 1. The molecule has 1 unspecified atom stereocenters. The van der Waals surface area contributed by atoms with Crippen molar-refractivity contribution in [3.63, 3.8) is 0 Å². The maximum absolute atomic E-state index is 12.1. The first-order valence-electron chi connectivity index (χ1n) is 8.42. The number of hydrogen-bond acceptors (Lipinski definition) is 3. The second-order valence-corrected chi connectivity index (χ2v) is 7.33. The molecular weight excluding hydrogens is 312 g/mol. The first-order valence-corrected chi connectivity index (χ1v) is 8.42. The average Bonchev–Trinajstić information content (AvgIpc) is 2.58. The number of carbonyl (C=O) groups is 1. The molecule has 0 spiro atoms. The van der Waals surface area contributed by atoms with E-state index in [1.54, 1.807) is 12.1 Å². The van der Waals surface area contributed by atoms with Crippen molar-refractivity contribution < 1.29 is 9.90 Å². The summed E-state index contributed by atoms with van der Waals surface area (Å²) in [6, 6.07) is 14.6.